The molecule has 0 spiro atoms. The monoisotopic (exact) mass is 240 g/mol. The molecule has 0 radical (unpaired) electrons. The van der Waals surface area contributed by atoms with Gasteiger partial charge in [-0.2, -0.15) is 5.10 Å². The van der Waals surface area contributed by atoms with Crippen LogP contribution in [0, 0.1) is 5.82 Å². The van der Waals surface area contributed by atoms with Crippen molar-refractivity contribution in [3.05, 3.63) is 35.2 Å². The number of hydrogen-bond acceptors (Lipinski definition) is 3. The Morgan fingerprint density at radius 1 is 1.50 bits per heavy atom. The Labute approximate surface area is 96.8 Å². The van der Waals surface area contributed by atoms with Crippen LogP contribution in [0.25, 0.3) is 0 Å². The average Bonchev–Trinajstić information content (AvgIpc) is 2.53. The van der Waals surface area contributed by atoms with Crippen LogP contribution >= 0.6 is 11.6 Å². The molecule has 6 heteroatoms. The lowest BCUT2D eigenvalue weighted by molar-refractivity contribution is 0.632. The number of aryl methyl sites for hydroxylation is 1. The fourth-order valence-electron chi connectivity index (χ4n) is 1.33. The summed E-state index contributed by atoms with van der Waals surface area (Å²) < 4.78 is 15.1. The van der Waals surface area contributed by atoms with Crippen LogP contribution in [0.15, 0.2) is 24.4 Å². The normalized spacial score (nSPS) is 10.4. The molecule has 4 nitrogen and oxygen atoms in total. The summed E-state index contributed by atoms with van der Waals surface area (Å²) in [4.78, 5) is 0. The predicted molar refractivity (Wildman–Crippen MR) is 62.3 cm³/mol. The Kier molecular flexibility index (Phi) is 2.70. The maximum absolute atomic E-state index is 13.6. The van der Waals surface area contributed by atoms with Crippen LogP contribution in [-0.4, -0.2) is 9.78 Å². The standard InChI is InChI=1S/C10H10ClFN4/c1-16-5-7(13)10(15-16)14-8-4-2-3-6(11)9(8)12/h2-5H,13H2,1H3,(H,14,15). The van der Waals surface area contributed by atoms with Crippen LogP contribution in [0.3, 0.4) is 0 Å². The second-order valence-corrected chi connectivity index (χ2v) is 3.74. The summed E-state index contributed by atoms with van der Waals surface area (Å²) in [6.07, 6.45) is 1.63. The zero-order valence-electron chi connectivity index (χ0n) is 8.54. The zero-order chi connectivity index (χ0) is 11.7. The van der Waals surface area contributed by atoms with Gasteiger partial charge in [-0.3, -0.25) is 4.68 Å². The Hall–Kier alpha value is -1.75. The van der Waals surface area contributed by atoms with Crippen LogP contribution in [0.4, 0.5) is 21.6 Å². The molecule has 0 aliphatic carbocycles. The molecule has 1 aromatic heterocycles. The van der Waals surface area contributed by atoms with E-state index >= 15 is 0 Å². The van der Waals surface area contributed by atoms with Gasteiger partial charge in [0.2, 0.25) is 0 Å². The van der Waals surface area contributed by atoms with Gasteiger partial charge < -0.3 is 11.1 Å². The third-order valence-corrected chi connectivity index (χ3v) is 2.35. The minimum absolute atomic E-state index is 0.0551. The molecule has 0 saturated carbocycles. The first-order valence-electron chi connectivity index (χ1n) is 4.58. The second-order valence-electron chi connectivity index (χ2n) is 3.33. The van der Waals surface area contributed by atoms with Crippen LogP contribution < -0.4 is 11.1 Å². The van der Waals surface area contributed by atoms with E-state index < -0.39 is 5.82 Å². The van der Waals surface area contributed by atoms with E-state index in [0.717, 1.165) is 0 Å². The molecule has 0 aliphatic heterocycles. The number of benzene rings is 1. The van der Waals surface area contributed by atoms with E-state index in [4.69, 9.17) is 17.3 Å². The molecular formula is C10H10ClFN4. The van der Waals surface area contributed by atoms with Crippen molar-refractivity contribution in [2.75, 3.05) is 11.1 Å². The number of rotatable bonds is 2. The molecule has 0 fully saturated rings. The summed E-state index contributed by atoms with van der Waals surface area (Å²) in [5.41, 5.74) is 6.37. The maximum Gasteiger partial charge on any atom is 0.175 e. The molecule has 1 aromatic carbocycles. The molecule has 84 valence electrons. The number of nitrogen functional groups attached to an aromatic ring is 1. The third-order valence-electron chi connectivity index (χ3n) is 2.06. The second kappa shape index (κ2) is 4.02. The molecule has 16 heavy (non-hydrogen) atoms. The van der Waals surface area contributed by atoms with Gasteiger partial charge in [-0.25, -0.2) is 4.39 Å². The van der Waals surface area contributed by atoms with E-state index in [1.807, 2.05) is 0 Å². The average molecular weight is 241 g/mol. The van der Waals surface area contributed by atoms with E-state index in [0.29, 0.717) is 11.5 Å². The maximum atomic E-state index is 13.6. The highest BCUT2D eigenvalue weighted by Gasteiger charge is 2.09. The number of aromatic nitrogens is 2. The topological polar surface area (TPSA) is 55.9 Å². The van der Waals surface area contributed by atoms with Gasteiger partial charge in [0.05, 0.1) is 16.4 Å². The summed E-state index contributed by atoms with van der Waals surface area (Å²) in [5.74, 6) is -0.113. The van der Waals surface area contributed by atoms with Crippen LogP contribution in [0.2, 0.25) is 5.02 Å². The number of nitrogens with zero attached hydrogens (tertiary/aromatic N) is 2. The molecule has 0 saturated heterocycles. The van der Waals surface area contributed by atoms with Gasteiger partial charge in [0, 0.05) is 13.2 Å². The van der Waals surface area contributed by atoms with E-state index in [2.05, 4.69) is 10.4 Å². The van der Waals surface area contributed by atoms with Crippen molar-refractivity contribution in [2.45, 2.75) is 0 Å². The Morgan fingerprint density at radius 2 is 2.25 bits per heavy atom. The summed E-state index contributed by atoms with van der Waals surface area (Å²) >= 11 is 5.65. The number of nitrogens with one attached hydrogen (secondary N) is 1. The molecule has 2 aromatic rings. The van der Waals surface area contributed by atoms with Crippen LogP contribution in [0.5, 0.6) is 0 Å². The van der Waals surface area contributed by atoms with E-state index in [-0.39, 0.29) is 10.7 Å². The lowest BCUT2D eigenvalue weighted by Gasteiger charge is -2.05. The number of hydrogen-bond donors (Lipinski definition) is 2. The van der Waals surface area contributed by atoms with Crippen molar-refractivity contribution >= 4 is 28.8 Å². The van der Waals surface area contributed by atoms with Crippen molar-refractivity contribution < 1.29 is 4.39 Å². The molecule has 0 aliphatic rings. The quantitative estimate of drug-likeness (QED) is 0.848. The van der Waals surface area contributed by atoms with E-state index in [9.17, 15) is 4.39 Å². The SMILES string of the molecule is Cn1cc(N)c(Nc2cccc(Cl)c2F)n1. The molecule has 3 N–H and O–H groups in total. The number of halogens is 2. The van der Waals surface area contributed by atoms with Gasteiger partial charge in [0.25, 0.3) is 0 Å². The Balaban J connectivity index is 2.34. The largest absolute Gasteiger partial charge is 0.394 e. The van der Waals surface area contributed by atoms with Gasteiger partial charge in [0.1, 0.15) is 0 Å². The van der Waals surface area contributed by atoms with Gasteiger partial charge in [-0.05, 0) is 12.1 Å². The lowest BCUT2D eigenvalue weighted by atomic mass is 10.3. The van der Waals surface area contributed by atoms with Crippen molar-refractivity contribution in [3.8, 4) is 0 Å². The first kappa shape index (κ1) is 10.8. The van der Waals surface area contributed by atoms with Gasteiger partial charge in [-0.15, -0.1) is 0 Å². The fraction of sp³-hybridized carbons (Fsp3) is 0.100. The Bertz CT molecular complexity index is 524. The zero-order valence-corrected chi connectivity index (χ0v) is 9.29. The van der Waals surface area contributed by atoms with Gasteiger partial charge in [0.15, 0.2) is 11.6 Å². The smallest absolute Gasteiger partial charge is 0.175 e. The highest BCUT2D eigenvalue weighted by atomic mass is 35.5. The molecule has 0 amide bonds. The van der Waals surface area contributed by atoms with E-state index in [1.54, 1.807) is 30.1 Å². The van der Waals surface area contributed by atoms with E-state index in [1.165, 1.54) is 6.07 Å². The molecular weight excluding hydrogens is 231 g/mol. The van der Waals surface area contributed by atoms with Crippen molar-refractivity contribution in [3.63, 3.8) is 0 Å². The highest BCUT2D eigenvalue weighted by Crippen LogP contribution is 2.26. The minimum atomic E-state index is -0.519. The lowest BCUT2D eigenvalue weighted by Crippen LogP contribution is -1.98. The number of anilines is 3. The highest BCUT2D eigenvalue weighted by molar-refractivity contribution is 6.31. The fourth-order valence-corrected chi connectivity index (χ4v) is 1.51. The summed E-state index contributed by atoms with van der Waals surface area (Å²) in [6.45, 7) is 0. The first-order valence-corrected chi connectivity index (χ1v) is 4.96. The predicted octanol–water partition coefficient (Wildman–Crippen LogP) is 2.54. The molecule has 0 unspecified atom stereocenters. The first-order chi connectivity index (χ1) is 7.58. The Morgan fingerprint density at radius 3 is 2.88 bits per heavy atom. The molecule has 2 rings (SSSR count). The summed E-state index contributed by atoms with van der Waals surface area (Å²) in [6, 6.07) is 4.69. The van der Waals surface area contributed by atoms with Crippen LogP contribution in [-0.2, 0) is 7.05 Å². The summed E-state index contributed by atoms with van der Waals surface area (Å²) in [7, 11) is 1.73. The molecule has 1 heterocycles. The van der Waals surface area contributed by atoms with Crippen molar-refractivity contribution in [1.82, 2.24) is 9.78 Å². The number of nitrogens with two attached hydrogens (primary N) is 1. The van der Waals surface area contributed by atoms with Gasteiger partial charge >= 0.3 is 0 Å². The molecule has 0 atom stereocenters. The van der Waals surface area contributed by atoms with Crippen LogP contribution in [0.1, 0.15) is 0 Å². The van der Waals surface area contributed by atoms with Crippen molar-refractivity contribution in [1.29, 1.82) is 0 Å². The minimum Gasteiger partial charge on any atom is -0.394 e. The summed E-state index contributed by atoms with van der Waals surface area (Å²) in [5, 5.41) is 6.89. The third kappa shape index (κ3) is 1.94. The van der Waals surface area contributed by atoms with Crippen molar-refractivity contribution in [2.24, 2.45) is 7.05 Å². The molecule has 0 bridgehead atoms. The van der Waals surface area contributed by atoms with Gasteiger partial charge in [-0.1, -0.05) is 17.7 Å².